The van der Waals surface area contributed by atoms with Crippen LogP contribution in [0.15, 0.2) is 85.2 Å². The average Bonchev–Trinajstić information content (AvgIpc) is 3.36. The minimum absolute atomic E-state index is 0.00101. The fraction of sp³-hybridized carbons (Fsp3) is 0.250. The summed E-state index contributed by atoms with van der Waals surface area (Å²) >= 11 is 0. The van der Waals surface area contributed by atoms with Gasteiger partial charge in [-0.3, -0.25) is 9.59 Å². The molecule has 0 radical (unpaired) electrons. The third-order valence-electron chi connectivity index (χ3n) is 6.53. The van der Waals surface area contributed by atoms with Crippen molar-refractivity contribution in [1.82, 2.24) is 19.6 Å². The van der Waals surface area contributed by atoms with Crippen LogP contribution in [0.1, 0.15) is 28.8 Å². The monoisotopic (exact) mass is 452 g/mol. The molecule has 1 unspecified atom stereocenters. The van der Waals surface area contributed by atoms with Crippen molar-refractivity contribution < 1.29 is 9.59 Å². The summed E-state index contributed by atoms with van der Waals surface area (Å²) in [4.78, 5) is 30.2. The summed E-state index contributed by atoms with van der Waals surface area (Å²) in [5.74, 6) is -0.120. The Morgan fingerprint density at radius 2 is 1.76 bits per heavy atom. The maximum Gasteiger partial charge on any atom is 0.254 e. The van der Waals surface area contributed by atoms with Crippen LogP contribution in [0, 0.1) is 5.92 Å². The van der Waals surface area contributed by atoms with Crippen molar-refractivity contribution in [3.63, 3.8) is 0 Å². The second-order valence-corrected chi connectivity index (χ2v) is 8.94. The molecule has 1 aromatic heterocycles. The lowest BCUT2D eigenvalue weighted by Gasteiger charge is -2.34. The SMILES string of the molecule is CN(Cc1cnn(-c2ccccc2)c1)C(=O)C1CCCN(C(=O)c2cccc3ccccc23)C1. The number of hydrogen-bond donors (Lipinski definition) is 0. The minimum Gasteiger partial charge on any atom is -0.341 e. The van der Waals surface area contributed by atoms with Gasteiger partial charge in [0.15, 0.2) is 0 Å². The molecule has 3 aromatic carbocycles. The van der Waals surface area contributed by atoms with Crippen LogP contribution in [0.4, 0.5) is 0 Å². The number of benzene rings is 3. The molecule has 6 heteroatoms. The highest BCUT2D eigenvalue weighted by molar-refractivity contribution is 6.07. The van der Waals surface area contributed by atoms with Gasteiger partial charge in [0.2, 0.25) is 5.91 Å². The highest BCUT2D eigenvalue weighted by Crippen LogP contribution is 2.25. The Kier molecular flexibility index (Phi) is 6.12. The number of carbonyl (C=O) groups is 2. The first-order valence-electron chi connectivity index (χ1n) is 11.7. The van der Waals surface area contributed by atoms with Crippen molar-refractivity contribution in [1.29, 1.82) is 0 Å². The Bertz CT molecular complexity index is 1310. The molecule has 0 N–H and O–H groups in total. The van der Waals surface area contributed by atoms with Gasteiger partial charge < -0.3 is 9.80 Å². The van der Waals surface area contributed by atoms with Crippen molar-refractivity contribution in [2.24, 2.45) is 5.92 Å². The van der Waals surface area contributed by atoms with Gasteiger partial charge in [-0.2, -0.15) is 5.10 Å². The Morgan fingerprint density at radius 3 is 2.62 bits per heavy atom. The van der Waals surface area contributed by atoms with E-state index in [2.05, 4.69) is 5.10 Å². The summed E-state index contributed by atoms with van der Waals surface area (Å²) in [6.45, 7) is 1.62. The third-order valence-corrected chi connectivity index (χ3v) is 6.53. The topological polar surface area (TPSA) is 58.4 Å². The summed E-state index contributed by atoms with van der Waals surface area (Å²) in [5.41, 5.74) is 2.66. The molecule has 1 saturated heterocycles. The number of aromatic nitrogens is 2. The third kappa shape index (κ3) is 4.44. The van der Waals surface area contributed by atoms with Crippen molar-refractivity contribution in [3.05, 3.63) is 96.3 Å². The van der Waals surface area contributed by atoms with Crippen LogP contribution in [0.5, 0.6) is 0 Å². The highest BCUT2D eigenvalue weighted by Gasteiger charge is 2.31. The predicted octanol–water partition coefficient (Wildman–Crippen LogP) is 4.54. The molecule has 2 amide bonds. The molecule has 6 nitrogen and oxygen atoms in total. The maximum atomic E-state index is 13.4. The number of nitrogens with zero attached hydrogens (tertiary/aromatic N) is 4. The van der Waals surface area contributed by atoms with E-state index in [0.29, 0.717) is 25.2 Å². The smallest absolute Gasteiger partial charge is 0.254 e. The van der Waals surface area contributed by atoms with Gasteiger partial charge in [-0.25, -0.2) is 4.68 Å². The van der Waals surface area contributed by atoms with Crippen LogP contribution in [0.3, 0.4) is 0 Å². The van der Waals surface area contributed by atoms with E-state index in [1.807, 2.05) is 95.6 Å². The molecule has 1 fully saturated rings. The first kappa shape index (κ1) is 21.9. The first-order valence-corrected chi connectivity index (χ1v) is 11.7. The fourth-order valence-electron chi connectivity index (χ4n) is 4.77. The Morgan fingerprint density at radius 1 is 1.00 bits per heavy atom. The molecule has 1 aliphatic heterocycles. The van der Waals surface area contributed by atoms with Gasteiger partial charge in [0.25, 0.3) is 5.91 Å². The molecule has 4 aromatic rings. The molecule has 2 heterocycles. The normalized spacial score (nSPS) is 15.9. The van der Waals surface area contributed by atoms with E-state index in [0.717, 1.165) is 34.9 Å². The zero-order chi connectivity index (χ0) is 23.5. The van der Waals surface area contributed by atoms with Gasteiger partial charge in [0, 0.05) is 44.0 Å². The molecule has 0 saturated carbocycles. The van der Waals surface area contributed by atoms with E-state index in [1.165, 1.54) is 0 Å². The van der Waals surface area contributed by atoms with Crippen molar-refractivity contribution in [3.8, 4) is 5.69 Å². The number of carbonyl (C=O) groups excluding carboxylic acids is 2. The second kappa shape index (κ2) is 9.51. The number of fused-ring (bicyclic) bond motifs is 1. The lowest BCUT2D eigenvalue weighted by Crippen LogP contribution is -2.45. The highest BCUT2D eigenvalue weighted by atomic mass is 16.2. The molecule has 0 aliphatic carbocycles. The zero-order valence-corrected chi connectivity index (χ0v) is 19.3. The van der Waals surface area contributed by atoms with E-state index in [4.69, 9.17) is 0 Å². The van der Waals surface area contributed by atoms with Gasteiger partial charge in [-0.15, -0.1) is 0 Å². The summed E-state index contributed by atoms with van der Waals surface area (Å²) < 4.78 is 1.82. The van der Waals surface area contributed by atoms with Crippen LogP contribution in [-0.4, -0.2) is 51.5 Å². The van der Waals surface area contributed by atoms with E-state index in [-0.39, 0.29) is 17.7 Å². The summed E-state index contributed by atoms with van der Waals surface area (Å²) in [6.07, 6.45) is 5.38. The number of amides is 2. The van der Waals surface area contributed by atoms with Crippen molar-refractivity contribution in [2.75, 3.05) is 20.1 Å². The van der Waals surface area contributed by atoms with Crippen LogP contribution in [0.2, 0.25) is 0 Å². The van der Waals surface area contributed by atoms with Gasteiger partial charge in [-0.05, 0) is 41.8 Å². The predicted molar refractivity (Wildman–Crippen MR) is 133 cm³/mol. The molecule has 1 atom stereocenters. The Labute approximate surface area is 199 Å². The van der Waals surface area contributed by atoms with Crippen molar-refractivity contribution >= 4 is 22.6 Å². The lowest BCUT2D eigenvalue weighted by molar-refractivity contribution is -0.136. The standard InChI is InChI=1S/C28H28N4O2/c1-30(18-21-17-29-32(19-21)24-12-3-2-4-13-24)27(33)23-11-8-16-31(20-23)28(34)26-15-7-10-22-9-5-6-14-25(22)26/h2-7,9-10,12-15,17,19,23H,8,11,16,18,20H2,1H3. The number of rotatable bonds is 5. The Balaban J connectivity index is 1.26. The van der Waals surface area contributed by atoms with Crippen LogP contribution in [0.25, 0.3) is 16.5 Å². The van der Waals surface area contributed by atoms with Gasteiger partial charge in [-0.1, -0.05) is 54.6 Å². The molecule has 1 aliphatic rings. The molecule has 5 rings (SSSR count). The van der Waals surface area contributed by atoms with E-state index >= 15 is 0 Å². The van der Waals surface area contributed by atoms with Gasteiger partial charge in [0.1, 0.15) is 0 Å². The van der Waals surface area contributed by atoms with Crippen LogP contribution < -0.4 is 0 Å². The summed E-state index contributed by atoms with van der Waals surface area (Å²) in [5, 5.41) is 6.44. The van der Waals surface area contributed by atoms with E-state index in [9.17, 15) is 9.59 Å². The largest absolute Gasteiger partial charge is 0.341 e. The average molecular weight is 453 g/mol. The molecule has 0 bridgehead atoms. The number of hydrogen-bond acceptors (Lipinski definition) is 3. The second-order valence-electron chi connectivity index (χ2n) is 8.94. The number of likely N-dealkylation sites (tertiary alicyclic amines) is 1. The zero-order valence-electron chi connectivity index (χ0n) is 19.3. The van der Waals surface area contributed by atoms with E-state index in [1.54, 1.807) is 11.1 Å². The number of piperidine rings is 1. The first-order chi connectivity index (χ1) is 16.6. The van der Waals surface area contributed by atoms with Crippen molar-refractivity contribution in [2.45, 2.75) is 19.4 Å². The molecular weight excluding hydrogens is 424 g/mol. The summed E-state index contributed by atoms with van der Waals surface area (Å²) in [7, 11) is 1.83. The van der Waals surface area contributed by atoms with E-state index < -0.39 is 0 Å². The fourth-order valence-corrected chi connectivity index (χ4v) is 4.77. The minimum atomic E-state index is -0.193. The van der Waals surface area contributed by atoms with Gasteiger partial charge >= 0.3 is 0 Å². The number of para-hydroxylation sites is 1. The molecule has 0 spiro atoms. The maximum absolute atomic E-state index is 13.4. The van der Waals surface area contributed by atoms with Crippen LogP contribution in [-0.2, 0) is 11.3 Å². The van der Waals surface area contributed by atoms with Gasteiger partial charge in [0.05, 0.1) is 17.8 Å². The van der Waals surface area contributed by atoms with Crippen LogP contribution >= 0.6 is 0 Å². The Hall–Kier alpha value is -3.93. The summed E-state index contributed by atoms with van der Waals surface area (Å²) in [6, 6.07) is 23.7. The molecule has 34 heavy (non-hydrogen) atoms. The quantitative estimate of drug-likeness (QED) is 0.447. The molecule has 172 valence electrons. The molecular formula is C28H28N4O2. The lowest BCUT2D eigenvalue weighted by atomic mass is 9.95.